The van der Waals surface area contributed by atoms with Gasteiger partial charge < -0.3 is 9.47 Å². The molecule has 0 radical (unpaired) electrons. The van der Waals surface area contributed by atoms with Gasteiger partial charge in [-0.2, -0.15) is 0 Å². The highest BCUT2D eigenvalue weighted by Gasteiger charge is 2.12. The van der Waals surface area contributed by atoms with E-state index < -0.39 is 11.7 Å². The number of ether oxygens (including phenoxy) is 2. The van der Waals surface area contributed by atoms with Crippen LogP contribution >= 0.6 is 0 Å². The standard InChI is InChI=1S/C29H38F2O2/c1-12-19(2)13-14-20(3)21(4)16-28(30)25(8)23(6)17-29(31)24(7)22(5)15-27(18-32-10)26(9)33-11/h13-17,19-20H,4-9,12,18H2,1-3,10-11H3/b14-13-,27-15-,28-16+,29-17+. The van der Waals surface area contributed by atoms with Gasteiger partial charge in [0.2, 0.25) is 0 Å². The van der Waals surface area contributed by atoms with Crippen molar-refractivity contribution in [1.29, 1.82) is 0 Å². The lowest BCUT2D eigenvalue weighted by molar-refractivity contribution is 0.212. The van der Waals surface area contributed by atoms with Crippen LogP contribution in [0, 0.1) is 11.8 Å². The summed E-state index contributed by atoms with van der Waals surface area (Å²) in [6, 6.07) is 0. The number of hydrogen-bond acceptors (Lipinski definition) is 2. The van der Waals surface area contributed by atoms with Gasteiger partial charge in [0.05, 0.1) is 13.7 Å². The maximum absolute atomic E-state index is 14.8. The van der Waals surface area contributed by atoms with Gasteiger partial charge in [-0.25, -0.2) is 8.78 Å². The fraction of sp³-hybridized carbons (Fsp3) is 0.310. The molecule has 0 bridgehead atoms. The molecule has 0 aromatic rings. The largest absolute Gasteiger partial charge is 0.497 e. The predicted molar refractivity (Wildman–Crippen MR) is 138 cm³/mol. The third-order valence-corrected chi connectivity index (χ3v) is 5.17. The second-order valence-corrected chi connectivity index (χ2v) is 7.86. The minimum atomic E-state index is -0.710. The van der Waals surface area contributed by atoms with Crippen molar-refractivity contribution >= 4 is 0 Å². The Morgan fingerprint density at radius 1 is 0.818 bits per heavy atom. The average molecular weight is 457 g/mol. The maximum Gasteiger partial charge on any atom is 0.131 e. The molecule has 0 amide bonds. The SMILES string of the molecule is C=C(/C=C(/COC)C(=C)OC)C(=C)/C(F)=C\C(=C)C(=C)/C(F)=C\C(=C)C(C)/C=C\C(C)CC. The minimum absolute atomic E-state index is 0.0130. The van der Waals surface area contributed by atoms with E-state index in [0.717, 1.165) is 12.5 Å². The Balaban J connectivity index is 5.43. The van der Waals surface area contributed by atoms with Crippen molar-refractivity contribution in [2.24, 2.45) is 11.8 Å². The molecule has 33 heavy (non-hydrogen) atoms. The van der Waals surface area contributed by atoms with E-state index in [1.54, 1.807) is 6.08 Å². The summed E-state index contributed by atoms with van der Waals surface area (Å²) in [6.07, 6.45) is 9.05. The van der Waals surface area contributed by atoms with Crippen molar-refractivity contribution in [3.05, 3.63) is 121 Å². The molecule has 0 aliphatic rings. The van der Waals surface area contributed by atoms with E-state index in [1.165, 1.54) is 20.3 Å². The van der Waals surface area contributed by atoms with Crippen LogP contribution in [-0.2, 0) is 9.47 Å². The predicted octanol–water partition coefficient (Wildman–Crippen LogP) is 8.45. The first-order valence-corrected chi connectivity index (χ1v) is 10.7. The molecule has 2 unspecified atom stereocenters. The summed E-state index contributed by atoms with van der Waals surface area (Å²) in [5.41, 5.74) is 1.51. The number of rotatable bonds is 15. The zero-order chi connectivity index (χ0) is 25.7. The Bertz CT molecular complexity index is 910. The van der Waals surface area contributed by atoms with Crippen LogP contribution in [0.15, 0.2) is 121 Å². The number of halogens is 2. The molecule has 0 aliphatic carbocycles. The zero-order valence-electron chi connectivity index (χ0n) is 20.8. The molecule has 0 aliphatic heterocycles. The van der Waals surface area contributed by atoms with Crippen molar-refractivity contribution in [2.75, 3.05) is 20.8 Å². The van der Waals surface area contributed by atoms with E-state index in [0.29, 0.717) is 28.4 Å². The molecule has 0 rings (SSSR count). The lowest BCUT2D eigenvalue weighted by Gasteiger charge is -2.11. The van der Waals surface area contributed by atoms with E-state index in [-0.39, 0.29) is 29.2 Å². The van der Waals surface area contributed by atoms with Gasteiger partial charge >= 0.3 is 0 Å². The van der Waals surface area contributed by atoms with E-state index in [4.69, 9.17) is 9.47 Å². The molecule has 0 N–H and O–H groups in total. The van der Waals surface area contributed by atoms with Crippen LogP contribution in [0.2, 0.25) is 0 Å². The van der Waals surface area contributed by atoms with Crippen LogP contribution in [-0.4, -0.2) is 20.8 Å². The first kappa shape index (κ1) is 30.0. The first-order valence-electron chi connectivity index (χ1n) is 10.7. The normalized spacial score (nSPS) is 14.6. The summed E-state index contributed by atoms with van der Waals surface area (Å²) in [5.74, 6) is -0.572. The highest BCUT2D eigenvalue weighted by atomic mass is 19.1. The fourth-order valence-corrected chi connectivity index (χ4v) is 2.42. The van der Waals surface area contributed by atoms with Crippen LogP contribution < -0.4 is 0 Å². The summed E-state index contributed by atoms with van der Waals surface area (Å²) >= 11 is 0. The second-order valence-electron chi connectivity index (χ2n) is 7.86. The molecule has 0 aromatic carbocycles. The Morgan fingerprint density at radius 2 is 1.33 bits per heavy atom. The molecule has 0 aromatic heterocycles. The lowest BCUT2D eigenvalue weighted by Crippen LogP contribution is -2.00. The first-order chi connectivity index (χ1) is 15.4. The molecular weight excluding hydrogens is 418 g/mol. The van der Waals surface area contributed by atoms with Crippen molar-refractivity contribution in [2.45, 2.75) is 27.2 Å². The number of allylic oxidation sites excluding steroid dienone is 12. The maximum atomic E-state index is 14.8. The Labute approximate surface area is 199 Å². The molecule has 180 valence electrons. The second kappa shape index (κ2) is 15.0. The molecule has 2 atom stereocenters. The summed E-state index contributed by atoms with van der Waals surface area (Å²) in [5, 5.41) is 0. The van der Waals surface area contributed by atoms with Gasteiger partial charge in [-0.15, -0.1) is 0 Å². The van der Waals surface area contributed by atoms with Gasteiger partial charge in [-0.05, 0) is 46.8 Å². The summed E-state index contributed by atoms with van der Waals surface area (Å²) in [7, 11) is 2.99. The van der Waals surface area contributed by atoms with E-state index >= 15 is 0 Å². The summed E-state index contributed by atoms with van der Waals surface area (Å²) in [4.78, 5) is 0. The van der Waals surface area contributed by atoms with Crippen LogP contribution in [0.1, 0.15) is 27.2 Å². The molecule has 0 saturated carbocycles. The van der Waals surface area contributed by atoms with E-state index in [1.807, 2.05) is 13.0 Å². The topological polar surface area (TPSA) is 18.5 Å². The third-order valence-electron chi connectivity index (χ3n) is 5.17. The van der Waals surface area contributed by atoms with Crippen LogP contribution in [0.25, 0.3) is 0 Å². The van der Waals surface area contributed by atoms with Crippen molar-refractivity contribution in [1.82, 2.24) is 0 Å². The van der Waals surface area contributed by atoms with Gasteiger partial charge in [0.25, 0.3) is 0 Å². The van der Waals surface area contributed by atoms with Gasteiger partial charge in [-0.1, -0.05) is 78.8 Å². The smallest absolute Gasteiger partial charge is 0.131 e. The lowest BCUT2D eigenvalue weighted by atomic mass is 9.97. The van der Waals surface area contributed by atoms with Gasteiger partial charge in [0.1, 0.15) is 17.4 Å². The molecular formula is C29H38F2O2. The van der Waals surface area contributed by atoms with Crippen LogP contribution in [0.4, 0.5) is 8.78 Å². The van der Waals surface area contributed by atoms with Gasteiger partial charge in [0.15, 0.2) is 0 Å². The monoisotopic (exact) mass is 456 g/mol. The van der Waals surface area contributed by atoms with Crippen molar-refractivity contribution < 1.29 is 18.3 Å². The highest BCUT2D eigenvalue weighted by Crippen LogP contribution is 2.27. The Morgan fingerprint density at radius 3 is 1.82 bits per heavy atom. The number of hydrogen-bond donors (Lipinski definition) is 0. The van der Waals surface area contributed by atoms with Crippen LogP contribution in [0.5, 0.6) is 0 Å². The zero-order valence-corrected chi connectivity index (χ0v) is 20.8. The summed E-state index contributed by atoms with van der Waals surface area (Å²) < 4.78 is 39.7. The Kier molecular flexibility index (Phi) is 13.6. The highest BCUT2D eigenvalue weighted by molar-refractivity contribution is 5.54. The molecule has 0 fully saturated rings. The van der Waals surface area contributed by atoms with E-state index in [9.17, 15) is 8.78 Å². The molecule has 4 heteroatoms. The average Bonchev–Trinajstić information content (AvgIpc) is 2.79. The quantitative estimate of drug-likeness (QED) is 0.140. The Hall–Kier alpha value is -2.98. The van der Waals surface area contributed by atoms with E-state index in [2.05, 4.69) is 59.4 Å². The van der Waals surface area contributed by atoms with Crippen molar-refractivity contribution in [3.63, 3.8) is 0 Å². The fourth-order valence-electron chi connectivity index (χ4n) is 2.42. The molecule has 2 nitrogen and oxygen atoms in total. The summed E-state index contributed by atoms with van der Waals surface area (Å²) in [6.45, 7) is 29.0. The molecule has 0 saturated heterocycles. The van der Waals surface area contributed by atoms with Crippen LogP contribution in [0.3, 0.4) is 0 Å². The van der Waals surface area contributed by atoms with Gasteiger partial charge in [0, 0.05) is 23.8 Å². The number of methoxy groups -OCH3 is 2. The minimum Gasteiger partial charge on any atom is -0.497 e. The van der Waals surface area contributed by atoms with Crippen molar-refractivity contribution in [3.8, 4) is 0 Å². The third kappa shape index (κ3) is 10.5. The molecule has 0 spiro atoms. The van der Waals surface area contributed by atoms with Gasteiger partial charge in [-0.3, -0.25) is 0 Å². The molecule has 0 heterocycles.